The predicted molar refractivity (Wildman–Crippen MR) is 78.7 cm³/mol. The molecule has 0 aromatic heterocycles. The van der Waals surface area contributed by atoms with Crippen LogP contribution in [0.1, 0.15) is 48.0 Å². The van der Waals surface area contributed by atoms with E-state index in [0.29, 0.717) is 32.0 Å². The van der Waals surface area contributed by atoms with E-state index < -0.39 is 23.1 Å². The number of ether oxygens (including phenoxy) is 1. The number of rotatable bonds is 3. The molecule has 0 N–H and O–H groups in total. The number of hydrogen-bond acceptors (Lipinski definition) is 3. The van der Waals surface area contributed by atoms with Crippen molar-refractivity contribution in [2.75, 3.05) is 13.1 Å². The summed E-state index contributed by atoms with van der Waals surface area (Å²) in [4.78, 5) is 13.8. The Bertz CT molecular complexity index is 621. The highest BCUT2D eigenvalue weighted by Gasteiger charge is 2.30. The van der Waals surface area contributed by atoms with E-state index >= 15 is 0 Å². The van der Waals surface area contributed by atoms with Crippen molar-refractivity contribution in [2.24, 2.45) is 0 Å². The molecular weight excluding hydrogens is 302 g/mol. The van der Waals surface area contributed by atoms with Crippen LogP contribution >= 0.6 is 0 Å². The summed E-state index contributed by atoms with van der Waals surface area (Å²) in [6.45, 7) is 0.851. The van der Waals surface area contributed by atoms with Gasteiger partial charge in [-0.25, -0.2) is 8.78 Å². The number of amides is 1. The number of likely N-dealkylation sites (tertiary alicyclic amines) is 1. The van der Waals surface area contributed by atoms with E-state index in [1.165, 1.54) is 11.3 Å². The summed E-state index contributed by atoms with van der Waals surface area (Å²) < 4.78 is 33.8. The molecule has 1 saturated carbocycles. The average Bonchev–Trinajstić information content (AvgIpc) is 2.50. The Kier molecular flexibility index (Phi) is 4.58. The van der Waals surface area contributed by atoms with E-state index in [9.17, 15) is 13.6 Å². The van der Waals surface area contributed by atoms with Crippen LogP contribution in [0.15, 0.2) is 12.1 Å². The van der Waals surface area contributed by atoms with Gasteiger partial charge in [-0.05, 0) is 44.2 Å². The molecule has 1 heterocycles. The molecule has 3 rings (SSSR count). The molecule has 2 aliphatic rings. The number of piperidine rings is 1. The van der Waals surface area contributed by atoms with Gasteiger partial charge in [0.2, 0.25) is 0 Å². The van der Waals surface area contributed by atoms with Crippen LogP contribution < -0.4 is 0 Å². The third-order valence-corrected chi connectivity index (χ3v) is 4.55. The summed E-state index contributed by atoms with van der Waals surface area (Å²) in [5, 5.41) is 8.70. The van der Waals surface area contributed by atoms with Gasteiger partial charge in [0, 0.05) is 13.1 Å². The molecule has 122 valence electrons. The Hall–Kier alpha value is -2.00. The summed E-state index contributed by atoms with van der Waals surface area (Å²) >= 11 is 0. The molecule has 6 heteroatoms. The van der Waals surface area contributed by atoms with Gasteiger partial charge in [-0.15, -0.1) is 0 Å². The fraction of sp³-hybridized carbons (Fsp3) is 0.529. The van der Waals surface area contributed by atoms with Crippen LogP contribution in [0.2, 0.25) is 0 Å². The van der Waals surface area contributed by atoms with Gasteiger partial charge < -0.3 is 9.64 Å². The number of carbonyl (C=O) groups excluding carboxylic acids is 1. The van der Waals surface area contributed by atoms with Crippen LogP contribution in [0.25, 0.3) is 0 Å². The van der Waals surface area contributed by atoms with Crippen LogP contribution in [-0.2, 0) is 4.74 Å². The average molecular weight is 320 g/mol. The molecule has 1 aromatic rings. The number of carbonyl (C=O) groups is 1. The van der Waals surface area contributed by atoms with Crippen molar-refractivity contribution in [3.8, 4) is 6.07 Å². The minimum Gasteiger partial charge on any atom is -0.375 e. The second kappa shape index (κ2) is 6.63. The second-order valence-electron chi connectivity index (χ2n) is 6.11. The minimum atomic E-state index is -0.987. The number of benzene rings is 1. The maximum Gasteiger partial charge on any atom is 0.259 e. The standard InChI is InChI=1S/C17H18F2N2O2/c18-14-8-11(10-20)9-15(19)16(14)17(22)21-6-4-13(5-7-21)23-12-2-1-3-12/h8-9,12-13H,1-7H2. The Morgan fingerprint density at radius 3 is 2.17 bits per heavy atom. The van der Waals surface area contributed by atoms with E-state index in [1.54, 1.807) is 6.07 Å². The monoisotopic (exact) mass is 320 g/mol. The van der Waals surface area contributed by atoms with E-state index in [2.05, 4.69) is 0 Å². The first-order valence-corrected chi connectivity index (χ1v) is 7.92. The molecule has 4 nitrogen and oxygen atoms in total. The Morgan fingerprint density at radius 1 is 1.13 bits per heavy atom. The third-order valence-electron chi connectivity index (χ3n) is 4.55. The molecule has 0 atom stereocenters. The van der Waals surface area contributed by atoms with Gasteiger partial charge in [0.15, 0.2) is 0 Å². The molecule has 1 aliphatic carbocycles. The zero-order valence-electron chi connectivity index (χ0n) is 12.7. The van der Waals surface area contributed by atoms with Crippen molar-refractivity contribution < 1.29 is 18.3 Å². The number of halogens is 2. The van der Waals surface area contributed by atoms with Crippen molar-refractivity contribution in [1.29, 1.82) is 5.26 Å². The van der Waals surface area contributed by atoms with Gasteiger partial charge in [0.05, 0.1) is 23.8 Å². The molecule has 1 saturated heterocycles. The zero-order chi connectivity index (χ0) is 16.4. The molecule has 0 bridgehead atoms. The molecule has 1 amide bonds. The lowest BCUT2D eigenvalue weighted by atomic mass is 9.95. The molecular formula is C17H18F2N2O2. The first-order chi connectivity index (χ1) is 11.1. The highest BCUT2D eigenvalue weighted by Crippen LogP contribution is 2.27. The number of hydrogen-bond donors (Lipinski definition) is 0. The largest absolute Gasteiger partial charge is 0.375 e. The number of nitrogens with zero attached hydrogens (tertiary/aromatic N) is 2. The summed E-state index contributed by atoms with van der Waals surface area (Å²) in [5.41, 5.74) is -0.716. The van der Waals surface area contributed by atoms with Gasteiger partial charge in [-0.1, -0.05) is 0 Å². The SMILES string of the molecule is N#Cc1cc(F)c(C(=O)N2CCC(OC3CCC3)CC2)c(F)c1. The summed E-state index contributed by atoms with van der Waals surface area (Å²) in [7, 11) is 0. The van der Waals surface area contributed by atoms with Crippen LogP contribution in [0.3, 0.4) is 0 Å². The zero-order valence-corrected chi connectivity index (χ0v) is 12.7. The van der Waals surface area contributed by atoms with Gasteiger partial charge >= 0.3 is 0 Å². The smallest absolute Gasteiger partial charge is 0.259 e. The van der Waals surface area contributed by atoms with Crippen LogP contribution in [0.5, 0.6) is 0 Å². The molecule has 23 heavy (non-hydrogen) atoms. The van der Waals surface area contributed by atoms with Crippen LogP contribution in [-0.4, -0.2) is 36.1 Å². The maximum absolute atomic E-state index is 13.9. The lowest BCUT2D eigenvalue weighted by Crippen LogP contribution is -2.43. The topological polar surface area (TPSA) is 53.3 Å². The molecule has 0 unspecified atom stereocenters. The van der Waals surface area contributed by atoms with E-state index in [0.717, 1.165) is 25.0 Å². The van der Waals surface area contributed by atoms with Crippen molar-refractivity contribution in [2.45, 2.75) is 44.3 Å². The fourth-order valence-corrected chi connectivity index (χ4v) is 2.97. The summed E-state index contributed by atoms with van der Waals surface area (Å²) in [6, 6.07) is 3.45. The predicted octanol–water partition coefficient (Wildman–Crippen LogP) is 3.01. The molecule has 0 spiro atoms. The molecule has 1 aromatic carbocycles. The molecule has 1 aliphatic heterocycles. The highest BCUT2D eigenvalue weighted by molar-refractivity contribution is 5.95. The Balaban J connectivity index is 1.64. The maximum atomic E-state index is 13.9. The molecule has 2 fully saturated rings. The minimum absolute atomic E-state index is 0.125. The Morgan fingerprint density at radius 2 is 1.70 bits per heavy atom. The summed E-state index contributed by atoms with van der Waals surface area (Å²) in [5.74, 6) is -2.63. The van der Waals surface area contributed by atoms with Crippen molar-refractivity contribution in [3.05, 3.63) is 34.9 Å². The van der Waals surface area contributed by atoms with Crippen LogP contribution in [0.4, 0.5) is 8.78 Å². The van der Waals surface area contributed by atoms with Crippen molar-refractivity contribution in [1.82, 2.24) is 4.90 Å². The van der Waals surface area contributed by atoms with E-state index in [1.807, 2.05) is 0 Å². The Labute approximate surface area is 133 Å². The third kappa shape index (κ3) is 3.35. The summed E-state index contributed by atoms with van der Waals surface area (Å²) in [6.07, 6.45) is 5.24. The highest BCUT2D eigenvalue weighted by atomic mass is 19.1. The van der Waals surface area contributed by atoms with Crippen molar-refractivity contribution >= 4 is 5.91 Å². The van der Waals surface area contributed by atoms with Gasteiger partial charge in [-0.3, -0.25) is 4.79 Å². The van der Waals surface area contributed by atoms with Gasteiger partial charge in [-0.2, -0.15) is 5.26 Å². The van der Waals surface area contributed by atoms with E-state index in [-0.39, 0.29) is 11.7 Å². The van der Waals surface area contributed by atoms with Gasteiger partial charge in [0.1, 0.15) is 17.2 Å². The lowest BCUT2D eigenvalue weighted by molar-refractivity contribution is -0.0706. The lowest BCUT2D eigenvalue weighted by Gasteiger charge is -2.36. The van der Waals surface area contributed by atoms with Crippen molar-refractivity contribution in [3.63, 3.8) is 0 Å². The fourth-order valence-electron chi connectivity index (χ4n) is 2.97. The number of nitriles is 1. The first kappa shape index (κ1) is 15.9. The van der Waals surface area contributed by atoms with Gasteiger partial charge in [0.25, 0.3) is 5.91 Å². The van der Waals surface area contributed by atoms with E-state index in [4.69, 9.17) is 10.00 Å². The normalized spacial score (nSPS) is 19.3. The molecule has 0 radical (unpaired) electrons. The quantitative estimate of drug-likeness (QED) is 0.860. The first-order valence-electron chi connectivity index (χ1n) is 7.92. The van der Waals surface area contributed by atoms with Crippen LogP contribution in [0, 0.1) is 23.0 Å². The second-order valence-corrected chi connectivity index (χ2v) is 6.11.